The largest absolute Gasteiger partial charge is 0.338 e. The van der Waals surface area contributed by atoms with E-state index in [9.17, 15) is 4.79 Å². The van der Waals surface area contributed by atoms with Crippen molar-refractivity contribution in [1.82, 2.24) is 10.6 Å². The van der Waals surface area contributed by atoms with Gasteiger partial charge >= 0.3 is 6.03 Å². The van der Waals surface area contributed by atoms with Crippen molar-refractivity contribution in [2.24, 2.45) is 0 Å². The van der Waals surface area contributed by atoms with Gasteiger partial charge in [-0.05, 0) is 31.0 Å². The summed E-state index contributed by atoms with van der Waals surface area (Å²) in [6, 6.07) is 7.88. The maximum atomic E-state index is 11.2. The molecule has 0 saturated carbocycles. The Labute approximate surface area is 104 Å². The molecule has 2 amide bonds. The molecule has 1 aromatic rings. The predicted octanol–water partition coefficient (Wildman–Crippen LogP) is 2.82. The van der Waals surface area contributed by atoms with Gasteiger partial charge in [-0.3, -0.25) is 0 Å². The lowest BCUT2D eigenvalue weighted by Crippen LogP contribution is -2.33. The van der Waals surface area contributed by atoms with Crippen molar-refractivity contribution >= 4 is 22.0 Å². The first-order chi connectivity index (χ1) is 7.72. The van der Waals surface area contributed by atoms with Crippen LogP contribution in [-0.2, 0) is 6.42 Å². The summed E-state index contributed by atoms with van der Waals surface area (Å²) in [4.78, 5) is 11.2. The van der Waals surface area contributed by atoms with Crippen LogP contribution in [0.3, 0.4) is 0 Å². The van der Waals surface area contributed by atoms with Gasteiger partial charge in [-0.2, -0.15) is 0 Å². The third-order valence-electron chi connectivity index (χ3n) is 1.97. The second-order valence-electron chi connectivity index (χ2n) is 3.28. The SMILES string of the molecule is C/C=C/NC(=O)NCCc1cccc(Br)c1. The van der Waals surface area contributed by atoms with Gasteiger partial charge in [0.05, 0.1) is 0 Å². The second kappa shape index (κ2) is 7.06. The first kappa shape index (κ1) is 12.8. The normalized spacial score (nSPS) is 10.4. The molecule has 0 heterocycles. The van der Waals surface area contributed by atoms with E-state index in [0.717, 1.165) is 10.9 Å². The molecule has 0 aliphatic rings. The summed E-state index contributed by atoms with van der Waals surface area (Å²) in [5.41, 5.74) is 1.20. The number of amides is 2. The summed E-state index contributed by atoms with van der Waals surface area (Å²) in [7, 11) is 0. The molecule has 4 heteroatoms. The van der Waals surface area contributed by atoms with E-state index in [1.54, 1.807) is 12.3 Å². The molecule has 3 nitrogen and oxygen atoms in total. The van der Waals surface area contributed by atoms with Crippen molar-refractivity contribution in [3.63, 3.8) is 0 Å². The molecular formula is C12H15BrN2O. The van der Waals surface area contributed by atoms with E-state index in [1.807, 2.05) is 31.2 Å². The van der Waals surface area contributed by atoms with Gasteiger partial charge in [0.1, 0.15) is 0 Å². The van der Waals surface area contributed by atoms with E-state index in [-0.39, 0.29) is 6.03 Å². The summed E-state index contributed by atoms with van der Waals surface area (Å²) in [6.07, 6.45) is 4.20. The van der Waals surface area contributed by atoms with Crippen molar-refractivity contribution in [3.05, 3.63) is 46.6 Å². The van der Waals surface area contributed by atoms with Gasteiger partial charge in [0.2, 0.25) is 0 Å². The van der Waals surface area contributed by atoms with Crippen LogP contribution in [0.4, 0.5) is 4.79 Å². The quantitative estimate of drug-likeness (QED) is 0.876. The summed E-state index contributed by atoms with van der Waals surface area (Å²) < 4.78 is 1.06. The van der Waals surface area contributed by atoms with Crippen LogP contribution in [0, 0.1) is 0 Å². The number of hydrogen-bond acceptors (Lipinski definition) is 1. The topological polar surface area (TPSA) is 41.1 Å². The molecule has 0 aliphatic heterocycles. The Morgan fingerprint density at radius 1 is 1.50 bits per heavy atom. The van der Waals surface area contributed by atoms with Gasteiger partial charge < -0.3 is 10.6 Å². The van der Waals surface area contributed by atoms with Crippen LogP contribution in [0.1, 0.15) is 12.5 Å². The lowest BCUT2D eigenvalue weighted by molar-refractivity contribution is 0.244. The molecule has 0 atom stereocenters. The predicted molar refractivity (Wildman–Crippen MR) is 69.2 cm³/mol. The molecule has 16 heavy (non-hydrogen) atoms. The van der Waals surface area contributed by atoms with Crippen LogP contribution in [0.15, 0.2) is 41.0 Å². The van der Waals surface area contributed by atoms with Gasteiger partial charge in [0.15, 0.2) is 0 Å². The molecule has 0 saturated heterocycles. The van der Waals surface area contributed by atoms with E-state index in [4.69, 9.17) is 0 Å². The Morgan fingerprint density at radius 2 is 2.31 bits per heavy atom. The van der Waals surface area contributed by atoms with Crippen LogP contribution < -0.4 is 10.6 Å². The third kappa shape index (κ3) is 4.98. The second-order valence-corrected chi connectivity index (χ2v) is 4.20. The number of carbonyl (C=O) groups is 1. The van der Waals surface area contributed by atoms with Crippen molar-refractivity contribution in [3.8, 4) is 0 Å². The smallest absolute Gasteiger partial charge is 0.318 e. The zero-order chi connectivity index (χ0) is 11.8. The van der Waals surface area contributed by atoms with Crippen LogP contribution in [0.25, 0.3) is 0 Å². The van der Waals surface area contributed by atoms with Gasteiger partial charge in [-0.15, -0.1) is 0 Å². The zero-order valence-electron chi connectivity index (χ0n) is 9.16. The number of rotatable bonds is 4. The Morgan fingerprint density at radius 3 is 3.00 bits per heavy atom. The molecule has 0 spiro atoms. The molecule has 1 aromatic carbocycles. The van der Waals surface area contributed by atoms with Gasteiger partial charge in [-0.1, -0.05) is 34.1 Å². The highest BCUT2D eigenvalue weighted by Crippen LogP contribution is 2.11. The molecule has 1 rings (SSSR count). The number of allylic oxidation sites excluding steroid dienone is 1. The Bertz CT molecular complexity index is 377. The lowest BCUT2D eigenvalue weighted by atomic mass is 10.1. The number of urea groups is 1. The van der Waals surface area contributed by atoms with E-state index < -0.39 is 0 Å². The van der Waals surface area contributed by atoms with Crippen molar-refractivity contribution in [2.75, 3.05) is 6.54 Å². The third-order valence-corrected chi connectivity index (χ3v) is 2.46. The molecule has 0 radical (unpaired) electrons. The maximum absolute atomic E-state index is 11.2. The van der Waals surface area contributed by atoms with Crippen LogP contribution in [0.5, 0.6) is 0 Å². The highest BCUT2D eigenvalue weighted by atomic mass is 79.9. The van der Waals surface area contributed by atoms with E-state index in [2.05, 4.69) is 26.6 Å². The van der Waals surface area contributed by atoms with Crippen molar-refractivity contribution in [1.29, 1.82) is 0 Å². The van der Waals surface area contributed by atoms with Crippen molar-refractivity contribution < 1.29 is 4.79 Å². The van der Waals surface area contributed by atoms with Crippen molar-refractivity contribution in [2.45, 2.75) is 13.3 Å². The Hall–Kier alpha value is -1.29. The van der Waals surface area contributed by atoms with E-state index in [1.165, 1.54) is 5.56 Å². The minimum absolute atomic E-state index is 0.173. The van der Waals surface area contributed by atoms with Crippen LogP contribution >= 0.6 is 15.9 Å². The molecule has 0 fully saturated rings. The number of nitrogens with one attached hydrogen (secondary N) is 2. The fraction of sp³-hybridized carbons (Fsp3) is 0.250. The minimum Gasteiger partial charge on any atom is -0.338 e. The van der Waals surface area contributed by atoms with Gasteiger partial charge in [0.25, 0.3) is 0 Å². The molecule has 86 valence electrons. The fourth-order valence-corrected chi connectivity index (χ4v) is 1.67. The molecule has 0 aliphatic carbocycles. The van der Waals surface area contributed by atoms with Crippen LogP contribution in [0.2, 0.25) is 0 Å². The standard InChI is InChI=1S/C12H15BrN2O/c1-2-7-14-12(16)15-8-6-10-4-3-5-11(13)9-10/h2-5,7,9H,6,8H2,1H3,(H2,14,15,16)/b7-2+. The first-order valence-corrected chi connectivity index (χ1v) is 5.91. The first-order valence-electron chi connectivity index (χ1n) is 5.12. The molecule has 0 unspecified atom stereocenters. The fourth-order valence-electron chi connectivity index (χ4n) is 1.22. The van der Waals surface area contributed by atoms with E-state index in [0.29, 0.717) is 6.54 Å². The molecular weight excluding hydrogens is 268 g/mol. The van der Waals surface area contributed by atoms with Gasteiger partial charge in [-0.25, -0.2) is 4.79 Å². The summed E-state index contributed by atoms with van der Waals surface area (Å²) >= 11 is 3.41. The van der Waals surface area contributed by atoms with E-state index >= 15 is 0 Å². The number of benzene rings is 1. The molecule has 0 aromatic heterocycles. The minimum atomic E-state index is -0.173. The molecule has 0 bridgehead atoms. The summed E-state index contributed by atoms with van der Waals surface area (Å²) in [5.74, 6) is 0. The van der Waals surface area contributed by atoms with Crippen LogP contribution in [-0.4, -0.2) is 12.6 Å². The summed E-state index contributed by atoms with van der Waals surface area (Å²) in [5, 5.41) is 5.36. The number of halogens is 1. The Balaban J connectivity index is 2.28. The average Bonchev–Trinajstić information content (AvgIpc) is 2.26. The Kier molecular flexibility index (Phi) is 5.64. The lowest BCUT2D eigenvalue weighted by Gasteiger charge is -2.04. The average molecular weight is 283 g/mol. The number of carbonyl (C=O) groups excluding carboxylic acids is 1. The summed E-state index contributed by atoms with van der Waals surface area (Å²) in [6.45, 7) is 2.47. The highest BCUT2D eigenvalue weighted by molar-refractivity contribution is 9.10. The zero-order valence-corrected chi connectivity index (χ0v) is 10.8. The highest BCUT2D eigenvalue weighted by Gasteiger charge is 1.97. The maximum Gasteiger partial charge on any atom is 0.318 e. The monoisotopic (exact) mass is 282 g/mol. The van der Waals surface area contributed by atoms with Gasteiger partial charge in [0, 0.05) is 17.2 Å². The number of hydrogen-bond donors (Lipinski definition) is 2. The molecule has 2 N–H and O–H groups in total.